The van der Waals surface area contributed by atoms with Gasteiger partial charge in [-0.15, -0.1) is 0 Å². The predicted molar refractivity (Wildman–Crippen MR) is 92.0 cm³/mol. The van der Waals surface area contributed by atoms with Crippen LogP contribution >= 0.6 is 0 Å². The molecule has 0 spiro atoms. The summed E-state index contributed by atoms with van der Waals surface area (Å²) in [7, 11) is -3.42. The van der Waals surface area contributed by atoms with Gasteiger partial charge in [0.15, 0.2) is 0 Å². The average molecular weight is 337 g/mol. The number of aromatic nitrogens is 1. The summed E-state index contributed by atoms with van der Waals surface area (Å²) < 4.78 is 27.1. The van der Waals surface area contributed by atoms with Crippen molar-refractivity contribution in [2.45, 2.75) is 50.8 Å². The van der Waals surface area contributed by atoms with Crippen molar-refractivity contribution in [3.8, 4) is 0 Å². The molecule has 5 nitrogen and oxygen atoms in total. The highest BCUT2D eigenvalue weighted by molar-refractivity contribution is 7.89. The second kappa shape index (κ2) is 6.40. The Morgan fingerprint density at radius 1 is 1.26 bits per heavy atom. The van der Waals surface area contributed by atoms with Crippen LogP contribution in [0.4, 0.5) is 5.82 Å². The second-order valence-electron chi connectivity index (χ2n) is 7.65. The van der Waals surface area contributed by atoms with E-state index in [1.807, 2.05) is 6.07 Å². The van der Waals surface area contributed by atoms with Crippen molar-refractivity contribution in [1.82, 2.24) is 9.71 Å². The molecule has 1 aromatic heterocycles. The van der Waals surface area contributed by atoms with Crippen LogP contribution in [0.15, 0.2) is 23.2 Å². The highest BCUT2D eigenvalue weighted by atomic mass is 32.2. The summed E-state index contributed by atoms with van der Waals surface area (Å²) in [5, 5.41) is 0. The molecule has 128 valence electrons. The molecule has 1 saturated carbocycles. The highest BCUT2D eigenvalue weighted by Gasteiger charge is 2.25. The molecule has 2 fully saturated rings. The number of nitrogens with one attached hydrogen (secondary N) is 1. The van der Waals surface area contributed by atoms with E-state index >= 15 is 0 Å². The molecule has 0 amide bonds. The molecule has 2 heterocycles. The second-order valence-corrected chi connectivity index (χ2v) is 9.42. The van der Waals surface area contributed by atoms with E-state index in [4.69, 9.17) is 0 Å². The first-order valence-electron chi connectivity index (χ1n) is 8.56. The van der Waals surface area contributed by atoms with E-state index in [-0.39, 0.29) is 4.90 Å². The number of hydrogen-bond donors (Lipinski definition) is 1. The zero-order valence-corrected chi connectivity index (χ0v) is 14.9. The highest BCUT2D eigenvalue weighted by Crippen LogP contribution is 2.31. The number of rotatable bonds is 5. The van der Waals surface area contributed by atoms with Crippen LogP contribution in [0.25, 0.3) is 0 Å². The lowest BCUT2D eigenvalue weighted by molar-refractivity contribution is 0.325. The number of sulfonamides is 1. The van der Waals surface area contributed by atoms with Gasteiger partial charge in [0.2, 0.25) is 10.0 Å². The monoisotopic (exact) mass is 337 g/mol. The van der Waals surface area contributed by atoms with Crippen LogP contribution in [0.1, 0.15) is 46.0 Å². The molecule has 1 aliphatic heterocycles. The van der Waals surface area contributed by atoms with Crippen LogP contribution in [-0.2, 0) is 10.0 Å². The molecule has 3 rings (SSSR count). The SMILES string of the molecule is CC1(C)CCCN(c2ccc(S(=O)(=O)NCC3CC3)cn2)CC1. The maximum atomic E-state index is 12.2. The van der Waals surface area contributed by atoms with E-state index in [0.29, 0.717) is 17.9 Å². The average Bonchev–Trinajstić information content (AvgIpc) is 3.33. The molecule has 0 atom stereocenters. The fourth-order valence-corrected chi connectivity index (χ4v) is 4.06. The fourth-order valence-electron chi connectivity index (χ4n) is 3.00. The van der Waals surface area contributed by atoms with Crippen LogP contribution in [0, 0.1) is 11.3 Å². The Kier molecular flexibility index (Phi) is 4.65. The van der Waals surface area contributed by atoms with Gasteiger partial charge in [0.05, 0.1) is 0 Å². The van der Waals surface area contributed by atoms with Crippen molar-refractivity contribution < 1.29 is 8.42 Å². The van der Waals surface area contributed by atoms with Crippen molar-refractivity contribution in [3.63, 3.8) is 0 Å². The van der Waals surface area contributed by atoms with Gasteiger partial charge in [-0.1, -0.05) is 13.8 Å². The summed E-state index contributed by atoms with van der Waals surface area (Å²) in [4.78, 5) is 6.94. The molecule has 23 heavy (non-hydrogen) atoms. The van der Waals surface area contributed by atoms with Crippen molar-refractivity contribution in [1.29, 1.82) is 0 Å². The van der Waals surface area contributed by atoms with Gasteiger partial charge in [0.25, 0.3) is 0 Å². The molecule has 1 N–H and O–H groups in total. The van der Waals surface area contributed by atoms with Gasteiger partial charge in [0, 0.05) is 25.8 Å². The van der Waals surface area contributed by atoms with Gasteiger partial charge in [-0.25, -0.2) is 18.1 Å². The topological polar surface area (TPSA) is 62.3 Å². The first kappa shape index (κ1) is 16.7. The smallest absolute Gasteiger partial charge is 0.242 e. The van der Waals surface area contributed by atoms with Crippen LogP contribution in [0.3, 0.4) is 0 Å². The van der Waals surface area contributed by atoms with E-state index in [0.717, 1.165) is 44.6 Å². The summed E-state index contributed by atoms with van der Waals surface area (Å²) in [5.41, 5.74) is 0.380. The van der Waals surface area contributed by atoms with Gasteiger partial charge < -0.3 is 4.90 Å². The third-order valence-corrected chi connectivity index (χ3v) is 6.36. The number of anilines is 1. The Balaban J connectivity index is 1.66. The lowest BCUT2D eigenvalue weighted by Gasteiger charge is -2.24. The third kappa shape index (κ3) is 4.44. The maximum Gasteiger partial charge on any atom is 0.242 e. The predicted octanol–water partition coefficient (Wildman–Crippen LogP) is 2.79. The lowest BCUT2D eigenvalue weighted by Crippen LogP contribution is -2.27. The minimum atomic E-state index is -3.42. The first-order valence-corrected chi connectivity index (χ1v) is 10.0. The lowest BCUT2D eigenvalue weighted by atomic mass is 9.85. The quantitative estimate of drug-likeness (QED) is 0.897. The summed E-state index contributed by atoms with van der Waals surface area (Å²) in [5.74, 6) is 1.40. The van der Waals surface area contributed by atoms with Gasteiger partial charge in [-0.3, -0.25) is 0 Å². The summed E-state index contributed by atoms with van der Waals surface area (Å²) in [6, 6.07) is 3.51. The summed E-state index contributed by atoms with van der Waals surface area (Å²) >= 11 is 0. The molecule has 1 aliphatic carbocycles. The normalized spacial score (nSPS) is 21.9. The van der Waals surface area contributed by atoms with Crippen LogP contribution in [0.5, 0.6) is 0 Å². The summed E-state index contributed by atoms with van der Waals surface area (Å²) in [6.07, 6.45) is 7.26. The summed E-state index contributed by atoms with van der Waals surface area (Å²) in [6.45, 7) is 7.13. The fraction of sp³-hybridized carbons (Fsp3) is 0.706. The number of nitrogens with zero attached hydrogens (tertiary/aromatic N) is 2. The Hall–Kier alpha value is -1.14. The van der Waals surface area contributed by atoms with E-state index in [1.54, 1.807) is 6.07 Å². The van der Waals surface area contributed by atoms with Crippen molar-refractivity contribution >= 4 is 15.8 Å². The standard InChI is InChI=1S/C17H27N3O2S/c1-17(2)8-3-10-20(11-9-17)16-7-6-15(13-18-16)23(21,22)19-12-14-4-5-14/h6-7,13-14,19H,3-5,8-12H2,1-2H3. The van der Waals surface area contributed by atoms with Crippen molar-refractivity contribution in [2.75, 3.05) is 24.5 Å². The minimum absolute atomic E-state index is 0.261. The Morgan fingerprint density at radius 2 is 2.04 bits per heavy atom. The first-order chi connectivity index (χ1) is 10.9. The van der Waals surface area contributed by atoms with Crippen molar-refractivity contribution in [3.05, 3.63) is 18.3 Å². The zero-order chi connectivity index (χ0) is 16.5. The maximum absolute atomic E-state index is 12.2. The Morgan fingerprint density at radius 3 is 2.70 bits per heavy atom. The van der Waals surface area contributed by atoms with E-state index < -0.39 is 10.0 Å². The zero-order valence-electron chi connectivity index (χ0n) is 14.1. The Bertz CT molecular complexity index is 636. The molecule has 0 aromatic carbocycles. The molecule has 1 aromatic rings. The van der Waals surface area contributed by atoms with Crippen LogP contribution in [-0.4, -0.2) is 33.0 Å². The Labute approximate surface area is 139 Å². The minimum Gasteiger partial charge on any atom is -0.357 e. The van der Waals surface area contributed by atoms with E-state index in [1.165, 1.54) is 12.6 Å². The van der Waals surface area contributed by atoms with Gasteiger partial charge in [-0.05, 0) is 55.6 Å². The van der Waals surface area contributed by atoms with Gasteiger partial charge in [-0.2, -0.15) is 0 Å². The van der Waals surface area contributed by atoms with E-state index in [2.05, 4.69) is 28.5 Å². The molecule has 0 unspecified atom stereocenters. The van der Waals surface area contributed by atoms with E-state index in [9.17, 15) is 8.42 Å². The molecular weight excluding hydrogens is 310 g/mol. The van der Waals surface area contributed by atoms with Gasteiger partial charge in [0.1, 0.15) is 10.7 Å². The molecule has 0 radical (unpaired) electrons. The molecular formula is C17H27N3O2S. The van der Waals surface area contributed by atoms with Crippen LogP contribution < -0.4 is 9.62 Å². The molecule has 0 bridgehead atoms. The number of hydrogen-bond acceptors (Lipinski definition) is 4. The molecule has 6 heteroatoms. The molecule has 2 aliphatic rings. The third-order valence-electron chi connectivity index (χ3n) is 4.95. The van der Waals surface area contributed by atoms with Crippen LogP contribution in [0.2, 0.25) is 0 Å². The van der Waals surface area contributed by atoms with Crippen molar-refractivity contribution in [2.24, 2.45) is 11.3 Å². The van der Waals surface area contributed by atoms with Gasteiger partial charge >= 0.3 is 0 Å². The molecule has 1 saturated heterocycles. The number of pyridine rings is 1. The largest absolute Gasteiger partial charge is 0.357 e.